The van der Waals surface area contributed by atoms with E-state index in [4.69, 9.17) is 5.26 Å². The standard InChI is InChI=1S/C18H14F3N3O2S.C2H6/c19-18(20)7-12(8-22)24(10-18)16(25)9-23-17(26)14-3-1-2-11-4-5-13(27-21)6-15(11)14;1-2/h1-6,12H,7,9-10H2,(H,23,26);1-2H3. The second-order valence-corrected chi connectivity index (χ2v) is 6.80. The molecule has 29 heavy (non-hydrogen) atoms. The summed E-state index contributed by atoms with van der Waals surface area (Å²) in [5.41, 5.74) is 0.236. The summed E-state index contributed by atoms with van der Waals surface area (Å²) >= 11 is 0.0475. The molecule has 5 nitrogen and oxygen atoms in total. The molecule has 2 aromatic rings. The van der Waals surface area contributed by atoms with E-state index >= 15 is 0 Å². The van der Waals surface area contributed by atoms with Gasteiger partial charge >= 0.3 is 0 Å². The van der Waals surface area contributed by atoms with E-state index in [1.807, 2.05) is 13.8 Å². The predicted molar refractivity (Wildman–Crippen MR) is 105 cm³/mol. The van der Waals surface area contributed by atoms with Gasteiger partial charge in [0.15, 0.2) is 0 Å². The summed E-state index contributed by atoms with van der Waals surface area (Å²) < 4.78 is 39.7. The molecule has 2 amide bonds. The minimum Gasteiger partial charge on any atom is -0.343 e. The first-order chi connectivity index (χ1) is 13.8. The topological polar surface area (TPSA) is 73.2 Å². The van der Waals surface area contributed by atoms with Crippen molar-refractivity contribution < 1.29 is 22.3 Å². The zero-order valence-corrected chi connectivity index (χ0v) is 16.7. The van der Waals surface area contributed by atoms with Gasteiger partial charge < -0.3 is 10.2 Å². The Bertz CT molecular complexity index is 946. The van der Waals surface area contributed by atoms with Crippen LogP contribution < -0.4 is 5.32 Å². The van der Waals surface area contributed by atoms with Crippen LogP contribution in [0.1, 0.15) is 30.6 Å². The second-order valence-electron chi connectivity index (χ2n) is 6.17. The molecule has 0 bridgehead atoms. The Morgan fingerprint density at radius 2 is 2.03 bits per heavy atom. The number of likely N-dealkylation sites (tertiary alicyclic amines) is 1. The summed E-state index contributed by atoms with van der Waals surface area (Å²) in [6, 6.07) is 10.2. The van der Waals surface area contributed by atoms with Gasteiger partial charge in [-0.1, -0.05) is 32.0 Å². The maximum Gasteiger partial charge on any atom is 0.268 e. The lowest BCUT2D eigenvalue weighted by Gasteiger charge is -2.19. The van der Waals surface area contributed by atoms with E-state index < -0.39 is 43.3 Å². The molecule has 1 unspecified atom stereocenters. The second kappa shape index (κ2) is 9.65. The molecule has 9 heteroatoms. The maximum atomic E-state index is 13.4. The van der Waals surface area contributed by atoms with Crippen molar-refractivity contribution in [2.75, 3.05) is 13.1 Å². The number of hydrogen-bond donors (Lipinski definition) is 1. The number of carbonyl (C=O) groups excluding carboxylic acids is 2. The molecule has 0 saturated carbocycles. The maximum absolute atomic E-state index is 13.4. The lowest BCUT2D eigenvalue weighted by molar-refractivity contribution is -0.131. The summed E-state index contributed by atoms with van der Waals surface area (Å²) in [7, 11) is 0. The summed E-state index contributed by atoms with van der Waals surface area (Å²) in [6.07, 6.45) is -0.712. The molecule has 0 radical (unpaired) electrons. The van der Waals surface area contributed by atoms with E-state index in [1.54, 1.807) is 30.3 Å². The highest BCUT2D eigenvalue weighted by Crippen LogP contribution is 2.31. The van der Waals surface area contributed by atoms with E-state index in [2.05, 4.69) is 5.32 Å². The van der Waals surface area contributed by atoms with Gasteiger partial charge in [-0.2, -0.15) is 9.15 Å². The molecule has 3 rings (SSSR count). The molecule has 1 atom stereocenters. The number of alkyl halides is 2. The van der Waals surface area contributed by atoms with Crippen LogP contribution in [0.4, 0.5) is 12.7 Å². The average Bonchev–Trinajstić information content (AvgIpc) is 3.07. The number of rotatable bonds is 4. The Balaban J connectivity index is 0.00000145. The van der Waals surface area contributed by atoms with Crippen LogP contribution in [0.5, 0.6) is 0 Å². The number of halogens is 3. The zero-order chi connectivity index (χ0) is 21.6. The van der Waals surface area contributed by atoms with Crippen LogP contribution in [0.2, 0.25) is 0 Å². The molecule has 1 saturated heterocycles. The van der Waals surface area contributed by atoms with Gasteiger partial charge in [0.25, 0.3) is 11.8 Å². The number of carbonyl (C=O) groups is 2. The van der Waals surface area contributed by atoms with Gasteiger partial charge in [-0.25, -0.2) is 8.78 Å². The van der Waals surface area contributed by atoms with Crippen molar-refractivity contribution in [1.82, 2.24) is 10.2 Å². The summed E-state index contributed by atoms with van der Waals surface area (Å²) in [5.74, 6) is -4.46. The van der Waals surface area contributed by atoms with Crippen molar-refractivity contribution in [1.29, 1.82) is 5.26 Å². The first-order valence-corrected chi connectivity index (χ1v) is 9.73. The van der Waals surface area contributed by atoms with Crippen molar-refractivity contribution in [2.45, 2.75) is 37.1 Å². The summed E-state index contributed by atoms with van der Waals surface area (Å²) in [6.45, 7) is 2.65. The third-order valence-corrected chi connectivity index (χ3v) is 4.76. The fraction of sp³-hybridized carbons (Fsp3) is 0.350. The largest absolute Gasteiger partial charge is 0.343 e. The number of nitriles is 1. The normalized spacial score (nSPS) is 17.2. The number of nitrogens with zero attached hydrogens (tertiary/aromatic N) is 2. The predicted octanol–water partition coefficient (Wildman–Crippen LogP) is 4.33. The molecule has 0 aromatic heterocycles. The quantitative estimate of drug-likeness (QED) is 0.794. The first-order valence-electron chi connectivity index (χ1n) is 9.01. The zero-order valence-electron chi connectivity index (χ0n) is 15.9. The number of amides is 2. The van der Waals surface area contributed by atoms with E-state index in [-0.39, 0.29) is 17.7 Å². The van der Waals surface area contributed by atoms with Crippen LogP contribution in [0.15, 0.2) is 41.3 Å². The van der Waals surface area contributed by atoms with Gasteiger partial charge in [0, 0.05) is 16.9 Å². The molecule has 0 spiro atoms. The Morgan fingerprint density at radius 3 is 2.69 bits per heavy atom. The van der Waals surface area contributed by atoms with Gasteiger partial charge in [-0.3, -0.25) is 9.59 Å². The van der Waals surface area contributed by atoms with Gasteiger partial charge in [-0.15, -0.1) is 0 Å². The van der Waals surface area contributed by atoms with E-state index in [9.17, 15) is 22.3 Å². The Kier molecular flexibility index (Phi) is 7.51. The third kappa shape index (κ3) is 5.21. The highest BCUT2D eigenvalue weighted by atomic mass is 32.2. The van der Waals surface area contributed by atoms with Gasteiger partial charge in [0.05, 0.1) is 31.3 Å². The smallest absolute Gasteiger partial charge is 0.268 e. The van der Waals surface area contributed by atoms with Crippen LogP contribution in [0, 0.1) is 11.3 Å². The number of nitrogens with one attached hydrogen (secondary N) is 1. The SMILES string of the molecule is CC.N#CC1CC(F)(F)CN1C(=O)CNC(=O)c1cccc2ccc(SF)cc12. The van der Waals surface area contributed by atoms with E-state index in [0.717, 1.165) is 10.3 Å². The molecule has 1 N–H and O–H groups in total. The van der Waals surface area contributed by atoms with Crippen molar-refractivity contribution in [2.24, 2.45) is 0 Å². The molecule has 154 valence electrons. The lowest BCUT2D eigenvalue weighted by Crippen LogP contribution is -2.43. The Labute approximate surface area is 171 Å². The highest BCUT2D eigenvalue weighted by molar-refractivity contribution is 7.94. The first kappa shape index (κ1) is 22.6. The van der Waals surface area contributed by atoms with Crippen LogP contribution in [0.3, 0.4) is 0 Å². The van der Waals surface area contributed by atoms with Crippen LogP contribution in [-0.2, 0) is 4.79 Å². The molecular formula is C20H20F3N3O2S. The van der Waals surface area contributed by atoms with Crippen molar-refractivity contribution in [3.05, 3.63) is 42.0 Å². The molecule has 0 aliphatic carbocycles. The average molecular weight is 423 g/mol. The summed E-state index contributed by atoms with van der Waals surface area (Å²) in [5, 5.41) is 12.6. The lowest BCUT2D eigenvalue weighted by atomic mass is 10.0. The van der Waals surface area contributed by atoms with Gasteiger partial charge in [0.2, 0.25) is 5.91 Å². The Morgan fingerprint density at radius 1 is 1.31 bits per heavy atom. The van der Waals surface area contributed by atoms with Crippen molar-refractivity contribution in [3.8, 4) is 6.07 Å². The van der Waals surface area contributed by atoms with Crippen LogP contribution >= 0.6 is 12.1 Å². The number of hydrogen-bond acceptors (Lipinski definition) is 4. The molecular weight excluding hydrogens is 403 g/mol. The molecule has 1 fully saturated rings. The van der Waals surface area contributed by atoms with E-state index in [1.165, 1.54) is 12.1 Å². The molecule has 1 aliphatic rings. The van der Waals surface area contributed by atoms with Crippen LogP contribution in [-0.4, -0.2) is 41.8 Å². The fourth-order valence-electron chi connectivity index (χ4n) is 3.04. The highest BCUT2D eigenvalue weighted by Gasteiger charge is 2.47. The number of fused-ring (bicyclic) bond motifs is 1. The third-order valence-electron chi connectivity index (χ3n) is 4.33. The van der Waals surface area contributed by atoms with Gasteiger partial charge in [0.1, 0.15) is 6.04 Å². The van der Waals surface area contributed by atoms with Crippen molar-refractivity contribution in [3.63, 3.8) is 0 Å². The molecule has 2 aromatic carbocycles. The Hall–Kier alpha value is -2.73. The van der Waals surface area contributed by atoms with E-state index in [0.29, 0.717) is 10.3 Å². The summed E-state index contributed by atoms with van der Waals surface area (Å²) in [4.78, 5) is 25.7. The molecule has 1 heterocycles. The molecule has 1 aliphatic heterocycles. The minimum absolute atomic E-state index is 0.0475. The monoisotopic (exact) mass is 423 g/mol. The van der Waals surface area contributed by atoms with Gasteiger partial charge in [-0.05, 0) is 29.0 Å². The fourth-order valence-corrected chi connectivity index (χ4v) is 3.33. The number of benzene rings is 2. The van der Waals surface area contributed by atoms with Crippen LogP contribution in [0.25, 0.3) is 10.8 Å². The minimum atomic E-state index is -3.11. The van der Waals surface area contributed by atoms with Crippen molar-refractivity contribution >= 4 is 34.7 Å².